The van der Waals surface area contributed by atoms with Crippen molar-refractivity contribution >= 4 is 0 Å². The van der Waals surface area contributed by atoms with Crippen molar-refractivity contribution in [3.63, 3.8) is 0 Å². The van der Waals surface area contributed by atoms with E-state index in [1.165, 1.54) is 19.3 Å². The van der Waals surface area contributed by atoms with Crippen molar-refractivity contribution in [1.29, 1.82) is 0 Å². The molecule has 0 bridgehead atoms. The lowest BCUT2D eigenvalue weighted by Gasteiger charge is -2.35. The van der Waals surface area contributed by atoms with Crippen molar-refractivity contribution in [3.8, 4) is 0 Å². The molecule has 0 amide bonds. The Labute approximate surface area is 88.1 Å². The van der Waals surface area contributed by atoms with Crippen LogP contribution in [0.1, 0.15) is 47.0 Å². The zero-order chi connectivity index (χ0) is 10.8. The topological polar surface area (TPSA) is 32.3 Å². The highest BCUT2D eigenvalue weighted by molar-refractivity contribution is 4.83. The Morgan fingerprint density at radius 1 is 1.29 bits per heavy atom. The second-order valence-corrected chi connectivity index (χ2v) is 5.70. The van der Waals surface area contributed by atoms with Crippen LogP contribution in [0, 0.1) is 11.8 Å². The third-order valence-corrected chi connectivity index (χ3v) is 3.25. The highest BCUT2D eigenvalue weighted by Gasteiger charge is 2.26. The Balaban J connectivity index is 2.35. The number of rotatable bonds is 3. The van der Waals surface area contributed by atoms with Crippen molar-refractivity contribution in [2.75, 3.05) is 6.54 Å². The second kappa shape index (κ2) is 4.63. The van der Waals surface area contributed by atoms with Crippen molar-refractivity contribution in [3.05, 3.63) is 0 Å². The van der Waals surface area contributed by atoms with Gasteiger partial charge in [-0.2, -0.15) is 0 Å². The molecule has 2 nitrogen and oxygen atoms in total. The Kier molecular flexibility index (Phi) is 3.96. The minimum atomic E-state index is -0.583. The fourth-order valence-corrected chi connectivity index (χ4v) is 2.20. The lowest BCUT2D eigenvalue weighted by Crippen LogP contribution is -2.45. The maximum absolute atomic E-state index is 9.64. The van der Waals surface area contributed by atoms with Gasteiger partial charge in [0.15, 0.2) is 0 Å². The fourth-order valence-electron chi connectivity index (χ4n) is 2.20. The molecule has 0 aliphatic heterocycles. The third-order valence-electron chi connectivity index (χ3n) is 3.25. The van der Waals surface area contributed by atoms with Crippen molar-refractivity contribution in [2.45, 2.75) is 58.6 Å². The van der Waals surface area contributed by atoms with Crippen LogP contribution in [0.2, 0.25) is 0 Å². The summed E-state index contributed by atoms with van der Waals surface area (Å²) < 4.78 is 0. The zero-order valence-corrected chi connectivity index (χ0v) is 10.0. The molecule has 0 heterocycles. The molecule has 1 saturated carbocycles. The van der Waals surface area contributed by atoms with Gasteiger partial charge in [-0.05, 0) is 38.5 Å². The number of nitrogens with one attached hydrogen (secondary N) is 1. The maximum atomic E-state index is 9.64. The van der Waals surface area contributed by atoms with E-state index < -0.39 is 5.60 Å². The number of aliphatic hydroxyl groups is 1. The van der Waals surface area contributed by atoms with Crippen LogP contribution in [0.3, 0.4) is 0 Å². The van der Waals surface area contributed by atoms with Gasteiger partial charge in [-0.15, -0.1) is 0 Å². The van der Waals surface area contributed by atoms with Crippen molar-refractivity contribution in [1.82, 2.24) is 5.32 Å². The molecule has 3 unspecified atom stereocenters. The molecular weight excluding hydrogens is 174 g/mol. The van der Waals surface area contributed by atoms with Gasteiger partial charge in [-0.25, -0.2) is 0 Å². The number of hydrogen-bond donors (Lipinski definition) is 2. The van der Waals surface area contributed by atoms with Gasteiger partial charge in [-0.3, -0.25) is 0 Å². The molecule has 2 heteroatoms. The monoisotopic (exact) mass is 199 g/mol. The Morgan fingerprint density at radius 2 is 1.93 bits per heavy atom. The van der Waals surface area contributed by atoms with E-state index in [9.17, 15) is 5.11 Å². The van der Waals surface area contributed by atoms with E-state index in [1.54, 1.807) is 0 Å². The average Bonchev–Trinajstić information content (AvgIpc) is 2.05. The van der Waals surface area contributed by atoms with Crippen molar-refractivity contribution in [2.24, 2.45) is 11.8 Å². The van der Waals surface area contributed by atoms with E-state index in [-0.39, 0.29) is 0 Å². The Morgan fingerprint density at radius 3 is 2.50 bits per heavy atom. The normalized spacial score (nSPS) is 34.5. The predicted molar refractivity (Wildman–Crippen MR) is 60.3 cm³/mol. The van der Waals surface area contributed by atoms with Crippen LogP contribution < -0.4 is 5.32 Å². The number of hydrogen-bond acceptors (Lipinski definition) is 2. The zero-order valence-electron chi connectivity index (χ0n) is 10.0. The first-order valence-corrected chi connectivity index (χ1v) is 5.84. The standard InChI is InChI=1S/C12H25NO/c1-9-5-6-10(2)11(7-9)13-8-12(3,4)14/h9-11,13-14H,5-8H2,1-4H3. The molecule has 14 heavy (non-hydrogen) atoms. The summed E-state index contributed by atoms with van der Waals surface area (Å²) in [6, 6.07) is 0.602. The van der Waals surface area contributed by atoms with Gasteiger partial charge in [0.2, 0.25) is 0 Å². The van der Waals surface area contributed by atoms with E-state index in [0.29, 0.717) is 12.6 Å². The molecule has 0 aromatic heterocycles. The molecule has 3 atom stereocenters. The summed E-state index contributed by atoms with van der Waals surface area (Å²) in [5.74, 6) is 1.60. The van der Waals surface area contributed by atoms with Crippen LogP contribution in [-0.2, 0) is 0 Å². The minimum absolute atomic E-state index is 0.583. The summed E-state index contributed by atoms with van der Waals surface area (Å²) in [6.07, 6.45) is 3.95. The van der Waals surface area contributed by atoms with Crippen LogP contribution in [0.5, 0.6) is 0 Å². The lowest BCUT2D eigenvalue weighted by molar-refractivity contribution is 0.0691. The van der Waals surface area contributed by atoms with Gasteiger partial charge in [0, 0.05) is 12.6 Å². The van der Waals surface area contributed by atoms with Gasteiger partial charge in [0.1, 0.15) is 0 Å². The first-order valence-electron chi connectivity index (χ1n) is 5.84. The average molecular weight is 199 g/mol. The SMILES string of the molecule is CC1CCC(C)C(NCC(C)(C)O)C1. The van der Waals surface area contributed by atoms with Crippen LogP contribution in [0.25, 0.3) is 0 Å². The highest BCUT2D eigenvalue weighted by atomic mass is 16.3. The Hall–Kier alpha value is -0.0800. The van der Waals surface area contributed by atoms with Crippen LogP contribution in [-0.4, -0.2) is 23.3 Å². The molecule has 0 spiro atoms. The smallest absolute Gasteiger partial charge is 0.0715 e. The molecule has 1 aliphatic carbocycles. The highest BCUT2D eigenvalue weighted by Crippen LogP contribution is 2.28. The molecule has 0 aromatic rings. The van der Waals surface area contributed by atoms with Crippen molar-refractivity contribution < 1.29 is 5.11 Å². The van der Waals surface area contributed by atoms with Gasteiger partial charge < -0.3 is 10.4 Å². The predicted octanol–water partition coefficient (Wildman–Crippen LogP) is 2.17. The van der Waals surface area contributed by atoms with E-state index in [1.807, 2.05) is 13.8 Å². The molecule has 1 fully saturated rings. The molecule has 1 rings (SSSR count). The van der Waals surface area contributed by atoms with Crippen LogP contribution in [0.4, 0.5) is 0 Å². The molecule has 0 radical (unpaired) electrons. The summed E-state index contributed by atoms with van der Waals surface area (Å²) in [5.41, 5.74) is -0.583. The summed E-state index contributed by atoms with van der Waals surface area (Å²) in [5, 5.41) is 13.1. The maximum Gasteiger partial charge on any atom is 0.0715 e. The summed E-state index contributed by atoms with van der Waals surface area (Å²) >= 11 is 0. The third kappa shape index (κ3) is 3.97. The first kappa shape index (κ1) is 12.0. The second-order valence-electron chi connectivity index (χ2n) is 5.70. The molecule has 0 saturated heterocycles. The lowest BCUT2D eigenvalue weighted by atomic mass is 9.80. The fraction of sp³-hybridized carbons (Fsp3) is 1.00. The largest absolute Gasteiger partial charge is 0.389 e. The molecule has 1 aliphatic rings. The van der Waals surface area contributed by atoms with Crippen LogP contribution >= 0.6 is 0 Å². The van der Waals surface area contributed by atoms with Gasteiger partial charge in [0.25, 0.3) is 0 Å². The summed E-state index contributed by atoms with van der Waals surface area (Å²) in [6.45, 7) is 9.06. The first-order chi connectivity index (χ1) is 6.38. The summed E-state index contributed by atoms with van der Waals surface area (Å²) in [7, 11) is 0. The quantitative estimate of drug-likeness (QED) is 0.730. The minimum Gasteiger partial charge on any atom is -0.389 e. The van der Waals surface area contributed by atoms with E-state index >= 15 is 0 Å². The summed E-state index contributed by atoms with van der Waals surface area (Å²) in [4.78, 5) is 0. The molecule has 84 valence electrons. The molecule has 0 aromatic carbocycles. The molecular formula is C12H25NO. The Bertz CT molecular complexity index is 174. The van der Waals surface area contributed by atoms with Gasteiger partial charge >= 0.3 is 0 Å². The van der Waals surface area contributed by atoms with Crippen LogP contribution in [0.15, 0.2) is 0 Å². The molecule has 2 N–H and O–H groups in total. The van der Waals surface area contributed by atoms with E-state index in [4.69, 9.17) is 0 Å². The van der Waals surface area contributed by atoms with Gasteiger partial charge in [0.05, 0.1) is 5.60 Å². The van der Waals surface area contributed by atoms with E-state index in [0.717, 1.165) is 11.8 Å². The van der Waals surface area contributed by atoms with Gasteiger partial charge in [-0.1, -0.05) is 20.3 Å². The van der Waals surface area contributed by atoms with E-state index in [2.05, 4.69) is 19.2 Å².